The fraction of sp³-hybridized carbons (Fsp3) is 0.192. The largest absolute Gasteiger partial charge is 0.366 e. The fourth-order valence-corrected chi connectivity index (χ4v) is 5.94. The maximum Gasteiger partial charge on any atom is 0.250 e. The number of carbonyl (C=O) groups is 3. The van der Waals surface area contributed by atoms with Crippen molar-refractivity contribution in [3.63, 3.8) is 0 Å². The van der Waals surface area contributed by atoms with Crippen molar-refractivity contribution in [1.29, 1.82) is 0 Å². The summed E-state index contributed by atoms with van der Waals surface area (Å²) in [6.07, 6.45) is 0.105. The number of rotatable bonds is 11. The Morgan fingerprint density at radius 3 is 2.34 bits per heavy atom. The number of thiophene rings is 2. The lowest BCUT2D eigenvalue weighted by Gasteiger charge is -2.23. The minimum atomic E-state index is -3.86. The first-order chi connectivity index (χ1) is 18.0. The fourth-order valence-electron chi connectivity index (χ4n) is 4.06. The first-order valence-corrected chi connectivity index (χ1v) is 14.9. The number of carbonyl (C=O) groups excluding carboxylic acids is 3. The minimum absolute atomic E-state index is 0.0469. The number of hydrogen-bond acceptors (Lipinski definition) is 7. The van der Waals surface area contributed by atoms with Gasteiger partial charge >= 0.3 is 0 Å². The Hall–Kier alpha value is -3.58. The molecule has 4 N–H and O–H groups in total. The molecule has 0 unspecified atom stereocenters. The monoisotopic (exact) mass is 570 g/mol. The summed E-state index contributed by atoms with van der Waals surface area (Å²) in [5.74, 6) is -1.26. The number of hydrogen-bond donors (Lipinski definition) is 2. The molecule has 3 heterocycles. The van der Waals surface area contributed by atoms with E-state index in [4.69, 9.17) is 10.9 Å². The van der Waals surface area contributed by atoms with Crippen molar-refractivity contribution in [3.8, 4) is 0 Å². The van der Waals surface area contributed by atoms with Crippen LogP contribution in [0.15, 0.2) is 69.6 Å². The van der Waals surface area contributed by atoms with Crippen LogP contribution in [0.3, 0.4) is 0 Å². The number of nitrogens with two attached hydrogens (primary N) is 2. The molecule has 4 rings (SSSR count). The summed E-state index contributed by atoms with van der Waals surface area (Å²) in [6.45, 7) is 1.95. The summed E-state index contributed by atoms with van der Waals surface area (Å²) in [7, 11) is -3.86. The van der Waals surface area contributed by atoms with Gasteiger partial charge in [0.25, 0.3) is 5.91 Å². The molecule has 0 saturated heterocycles. The first-order valence-electron chi connectivity index (χ1n) is 11.5. The molecule has 4 aromatic rings. The molecule has 3 aromatic heterocycles. The molecule has 198 valence electrons. The molecule has 2 amide bonds. The van der Waals surface area contributed by atoms with Gasteiger partial charge in [-0.1, -0.05) is 18.2 Å². The van der Waals surface area contributed by atoms with Crippen molar-refractivity contribution in [2.45, 2.75) is 31.3 Å². The van der Waals surface area contributed by atoms with Crippen molar-refractivity contribution in [2.75, 3.05) is 6.54 Å². The van der Waals surface area contributed by atoms with Crippen LogP contribution in [0, 0.1) is 6.92 Å². The van der Waals surface area contributed by atoms with Crippen molar-refractivity contribution >= 4 is 50.3 Å². The number of sulfonamides is 1. The predicted molar refractivity (Wildman–Crippen MR) is 147 cm³/mol. The van der Waals surface area contributed by atoms with Crippen molar-refractivity contribution in [2.24, 2.45) is 10.9 Å². The molecule has 0 fully saturated rings. The summed E-state index contributed by atoms with van der Waals surface area (Å²) < 4.78 is 25.0. The van der Waals surface area contributed by atoms with Gasteiger partial charge in [0.1, 0.15) is 0 Å². The molecule has 0 atom stereocenters. The summed E-state index contributed by atoms with van der Waals surface area (Å²) in [5, 5.41) is 10.9. The van der Waals surface area contributed by atoms with Gasteiger partial charge in [-0.05, 0) is 64.5 Å². The highest BCUT2D eigenvalue weighted by Gasteiger charge is 2.25. The van der Waals surface area contributed by atoms with Gasteiger partial charge in [-0.3, -0.25) is 14.4 Å². The third kappa shape index (κ3) is 6.45. The van der Waals surface area contributed by atoms with E-state index in [1.807, 2.05) is 34.3 Å². The number of nitrogens with zero attached hydrogens (tertiary/aromatic N) is 2. The van der Waals surface area contributed by atoms with Crippen LogP contribution in [0.2, 0.25) is 0 Å². The van der Waals surface area contributed by atoms with Crippen LogP contribution >= 0.6 is 22.7 Å². The van der Waals surface area contributed by atoms with Crippen LogP contribution in [0.25, 0.3) is 0 Å². The number of Topliss-reactive ketones (excluding diaryl/α,β-unsaturated/α-hetero) is 1. The molecule has 0 aliphatic heterocycles. The van der Waals surface area contributed by atoms with E-state index in [1.165, 1.54) is 45.8 Å². The lowest BCUT2D eigenvalue weighted by molar-refractivity contribution is -0.130. The van der Waals surface area contributed by atoms with Crippen molar-refractivity contribution < 1.29 is 22.8 Å². The van der Waals surface area contributed by atoms with Crippen LogP contribution in [0.5, 0.6) is 0 Å². The van der Waals surface area contributed by atoms with E-state index < -0.39 is 15.9 Å². The van der Waals surface area contributed by atoms with Crippen molar-refractivity contribution in [3.05, 3.63) is 97.6 Å². The summed E-state index contributed by atoms with van der Waals surface area (Å²) in [4.78, 5) is 41.3. The van der Waals surface area contributed by atoms with E-state index in [-0.39, 0.29) is 47.4 Å². The number of primary amides is 1. The highest BCUT2D eigenvalue weighted by atomic mass is 32.2. The Morgan fingerprint density at radius 1 is 1.03 bits per heavy atom. The average Bonchev–Trinajstić information content (AvgIpc) is 3.62. The third-order valence-electron chi connectivity index (χ3n) is 6.06. The lowest BCUT2D eigenvalue weighted by atomic mass is 10.1. The maximum atomic E-state index is 13.6. The topological polar surface area (TPSA) is 146 Å². The molecule has 9 nitrogen and oxygen atoms in total. The van der Waals surface area contributed by atoms with Crippen LogP contribution in [0.1, 0.15) is 42.5 Å². The first kappa shape index (κ1) is 27.5. The zero-order valence-corrected chi connectivity index (χ0v) is 22.9. The number of aromatic nitrogens is 1. The molecule has 0 radical (unpaired) electrons. The minimum Gasteiger partial charge on any atom is -0.366 e. The molecule has 12 heteroatoms. The zero-order chi connectivity index (χ0) is 27.4. The summed E-state index contributed by atoms with van der Waals surface area (Å²) in [5.41, 5.74) is 8.13. The molecule has 38 heavy (non-hydrogen) atoms. The Labute approximate surface area is 228 Å². The van der Waals surface area contributed by atoms with Gasteiger partial charge < -0.3 is 15.2 Å². The smallest absolute Gasteiger partial charge is 0.250 e. The highest BCUT2D eigenvalue weighted by molar-refractivity contribution is 7.89. The van der Waals surface area contributed by atoms with Gasteiger partial charge in [0, 0.05) is 17.1 Å². The van der Waals surface area contributed by atoms with Crippen molar-refractivity contribution in [1.82, 2.24) is 9.47 Å². The third-order valence-corrected chi connectivity index (χ3v) is 8.58. The summed E-state index contributed by atoms with van der Waals surface area (Å²) >= 11 is 3.00. The van der Waals surface area contributed by atoms with Gasteiger partial charge in [-0.25, -0.2) is 13.6 Å². The zero-order valence-electron chi connectivity index (χ0n) is 20.5. The van der Waals surface area contributed by atoms with E-state index in [1.54, 1.807) is 23.6 Å². The Morgan fingerprint density at radius 2 is 1.76 bits per heavy atom. The van der Waals surface area contributed by atoms with Gasteiger partial charge in [-0.15, -0.1) is 11.3 Å². The molecule has 0 aliphatic carbocycles. The molecule has 0 aliphatic rings. The average molecular weight is 571 g/mol. The summed E-state index contributed by atoms with van der Waals surface area (Å²) in [6, 6.07) is 13.0. The second kappa shape index (κ2) is 11.4. The lowest BCUT2D eigenvalue weighted by Crippen LogP contribution is -2.37. The molecule has 0 spiro atoms. The Bertz CT molecular complexity index is 1560. The predicted octanol–water partition coefficient (Wildman–Crippen LogP) is 3.17. The van der Waals surface area contributed by atoms with E-state index in [0.29, 0.717) is 17.8 Å². The second-order valence-corrected chi connectivity index (χ2v) is 12.1. The van der Waals surface area contributed by atoms with Crippen LogP contribution in [-0.4, -0.2) is 42.0 Å². The molecular formula is C26H26N4O5S3. The molecule has 1 aromatic carbocycles. The van der Waals surface area contributed by atoms with Crippen LogP contribution in [-0.2, 0) is 34.3 Å². The molecule has 0 bridgehead atoms. The maximum absolute atomic E-state index is 13.6. The van der Waals surface area contributed by atoms with Gasteiger partial charge in [-0.2, -0.15) is 11.3 Å². The van der Waals surface area contributed by atoms with E-state index in [9.17, 15) is 22.8 Å². The second-order valence-electron chi connectivity index (χ2n) is 8.73. The SMILES string of the molecule is Cc1c(C(N)=O)cc(C(=O)CN(Cc2ccc(S(N)(=O)=O)cc2)C(=O)Cc2ccsc2)n1Cc1cccs1. The van der Waals surface area contributed by atoms with Crippen LogP contribution in [0.4, 0.5) is 0 Å². The number of amides is 2. The van der Waals surface area contributed by atoms with Crippen LogP contribution < -0.4 is 10.9 Å². The van der Waals surface area contributed by atoms with E-state index in [0.717, 1.165) is 10.4 Å². The standard InChI is InChI=1S/C26H26N4O5S3/c1-17-22(26(27)33)12-23(30(17)14-20-3-2-9-37-20)24(31)15-29(25(32)11-19-8-10-36-16-19)13-18-4-6-21(7-5-18)38(28,34)35/h2-10,12,16H,11,13-15H2,1H3,(H2,27,33)(H2,28,34,35). The normalized spacial score (nSPS) is 11.4. The molecule has 0 saturated carbocycles. The van der Waals surface area contributed by atoms with E-state index in [2.05, 4.69) is 0 Å². The number of primary sulfonamides is 1. The van der Waals surface area contributed by atoms with Gasteiger partial charge in [0.15, 0.2) is 5.78 Å². The Kier molecular flexibility index (Phi) is 8.26. The van der Waals surface area contributed by atoms with Gasteiger partial charge in [0.2, 0.25) is 15.9 Å². The Balaban J connectivity index is 1.64. The number of benzene rings is 1. The quantitative estimate of drug-likeness (QED) is 0.266. The molecular weight excluding hydrogens is 545 g/mol. The van der Waals surface area contributed by atoms with Gasteiger partial charge in [0.05, 0.1) is 35.7 Å². The number of ketones is 1. The highest BCUT2D eigenvalue weighted by Crippen LogP contribution is 2.21. The van der Waals surface area contributed by atoms with E-state index >= 15 is 0 Å².